The average Bonchev–Trinajstić information content (AvgIpc) is 2.25. The lowest BCUT2D eigenvalue weighted by Crippen LogP contribution is -2.25. The first kappa shape index (κ1) is 12.4. The maximum atomic E-state index is 2.53. The van der Waals surface area contributed by atoms with E-state index in [-0.39, 0.29) is 3.42 Å². The number of halogens is 2. The molecule has 2 heteroatoms. The van der Waals surface area contributed by atoms with Crippen LogP contribution in [-0.4, -0.2) is 3.42 Å². The quantitative estimate of drug-likeness (QED) is 0.376. The summed E-state index contributed by atoms with van der Waals surface area (Å²) in [6, 6.07) is 0. The fourth-order valence-corrected chi connectivity index (χ4v) is 4.00. The molecule has 0 aliphatic heterocycles. The molecule has 2 aliphatic rings. The van der Waals surface area contributed by atoms with E-state index >= 15 is 0 Å². The lowest BCUT2D eigenvalue weighted by molar-refractivity contribution is 0.746. The lowest BCUT2D eigenvalue weighted by Gasteiger charge is -2.29. The van der Waals surface area contributed by atoms with Gasteiger partial charge in [-0.1, -0.05) is 83.4 Å². The molecule has 0 aromatic carbocycles. The zero-order valence-corrected chi connectivity index (χ0v) is 13.0. The molecule has 0 aromatic heterocycles. The number of fused-ring (bicyclic) bond motifs is 1. The Bertz CT molecular complexity index is 436. The molecule has 2 rings (SSSR count). The largest absolute Gasteiger partial charge is 0.0757 e. The molecule has 0 bridgehead atoms. The lowest BCUT2D eigenvalue weighted by atomic mass is 9.87. The molecule has 0 fully saturated rings. The first-order chi connectivity index (χ1) is 7.71. The van der Waals surface area contributed by atoms with E-state index in [1.54, 1.807) is 0 Å². The summed E-state index contributed by atoms with van der Waals surface area (Å²) in [6.07, 6.45) is 23.8. The number of allylic oxidation sites excluding steroid dienone is 12. The highest BCUT2D eigenvalue weighted by atomic mass is 127. The fourth-order valence-electron chi connectivity index (χ4n) is 1.72. The van der Waals surface area contributed by atoms with E-state index < -0.39 is 0 Å². The summed E-state index contributed by atoms with van der Waals surface area (Å²) in [6.45, 7) is 0. The first-order valence-electron chi connectivity index (χ1n) is 5.15. The van der Waals surface area contributed by atoms with Crippen LogP contribution in [0.15, 0.2) is 70.4 Å². The van der Waals surface area contributed by atoms with Gasteiger partial charge in [-0.2, -0.15) is 0 Å². The van der Waals surface area contributed by atoms with Crippen molar-refractivity contribution in [3.05, 3.63) is 70.4 Å². The molecule has 2 aliphatic carbocycles. The molecule has 82 valence electrons. The van der Waals surface area contributed by atoms with Gasteiger partial charge in [0.25, 0.3) is 0 Å². The van der Waals surface area contributed by atoms with E-state index in [0.29, 0.717) is 5.92 Å². The van der Waals surface area contributed by atoms with Gasteiger partial charge in [-0.05, 0) is 28.7 Å². The van der Waals surface area contributed by atoms with Gasteiger partial charge in [0.2, 0.25) is 0 Å². The van der Waals surface area contributed by atoms with Gasteiger partial charge in [0.1, 0.15) is 0 Å². The van der Waals surface area contributed by atoms with Crippen molar-refractivity contribution in [1.29, 1.82) is 0 Å². The van der Waals surface area contributed by atoms with E-state index in [4.69, 9.17) is 0 Å². The molecule has 0 N–H and O–H groups in total. The van der Waals surface area contributed by atoms with E-state index in [1.165, 1.54) is 3.58 Å². The van der Waals surface area contributed by atoms with Crippen molar-refractivity contribution in [3.63, 3.8) is 0 Å². The van der Waals surface area contributed by atoms with Crippen LogP contribution in [0.3, 0.4) is 0 Å². The zero-order valence-electron chi connectivity index (χ0n) is 8.68. The van der Waals surface area contributed by atoms with Crippen molar-refractivity contribution in [2.24, 2.45) is 5.92 Å². The minimum Gasteiger partial charge on any atom is -0.0757 e. The van der Waals surface area contributed by atoms with Gasteiger partial charge in [0.15, 0.2) is 0 Å². The van der Waals surface area contributed by atoms with Gasteiger partial charge in [-0.25, -0.2) is 0 Å². The van der Waals surface area contributed by atoms with Crippen LogP contribution in [0.5, 0.6) is 0 Å². The Morgan fingerprint density at radius 2 is 1.62 bits per heavy atom. The van der Waals surface area contributed by atoms with Crippen molar-refractivity contribution < 1.29 is 0 Å². The maximum absolute atomic E-state index is 2.53. The van der Waals surface area contributed by atoms with Gasteiger partial charge in [0, 0.05) is 9.50 Å². The minimum atomic E-state index is 0.0645. The number of alkyl halides is 1. The van der Waals surface area contributed by atoms with E-state index in [1.807, 2.05) is 0 Å². The van der Waals surface area contributed by atoms with Gasteiger partial charge in [-0.3, -0.25) is 0 Å². The highest BCUT2D eigenvalue weighted by Gasteiger charge is 2.29. The van der Waals surface area contributed by atoms with Gasteiger partial charge in [-0.15, -0.1) is 0 Å². The van der Waals surface area contributed by atoms with Crippen LogP contribution in [0.4, 0.5) is 0 Å². The van der Waals surface area contributed by atoms with Crippen LogP contribution < -0.4 is 0 Å². The second-order valence-electron chi connectivity index (χ2n) is 3.76. The standard InChI is InChI=1S/C14H12I2/c15-13-9-4-2-1-3-7-12-8-5-6-10-14(12,16)11-13/h1-12H/b2-1+,7-3+,9-4-,13-11-/t12-,14?/m1/s1. The monoisotopic (exact) mass is 434 g/mol. The molecule has 0 heterocycles. The maximum Gasteiger partial charge on any atom is 0.0693 e. The summed E-state index contributed by atoms with van der Waals surface area (Å²) < 4.78 is 1.34. The molecular weight excluding hydrogens is 422 g/mol. The summed E-state index contributed by atoms with van der Waals surface area (Å²) in [7, 11) is 0. The molecule has 0 spiro atoms. The summed E-state index contributed by atoms with van der Waals surface area (Å²) in [5.41, 5.74) is 0. The minimum absolute atomic E-state index is 0.0645. The Balaban J connectivity index is 2.43. The van der Waals surface area contributed by atoms with Crippen molar-refractivity contribution in [2.45, 2.75) is 3.42 Å². The SMILES string of the molecule is IC1=C\C2(I)C=CC=C[C@H]2/C=C/C=C/C=C\1. The normalized spacial score (nSPS) is 41.6. The molecule has 1 unspecified atom stereocenters. The molecular formula is C14H12I2. The van der Waals surface area contributed by atoms with Crippen LogP contribution in [0.1, 0.15) is 0 Å². The Labute approximate surface area is 124 Å². The Kier molecular flexibility index (Phi) is 4.24. The second kappa shape index (κ2) is 5.49. The third-order valence-electron chi connectivity index (χ3n) is 2.56. The van der Waals surface area contributed by atoms with E-state index in [2.05, 4.69) is 112 Å². The Morgan fingerprint density at radius 3 is 2.44 bits per heavy atom. The molecule has 0 aromatic rings. The molecule has 16 heavy (non-hydrogen) atoms. The van der Waals surface area contributed by atoms with Crippen LogP contribution >= 0.6 is 45.2 Å². The smallest absolute Gasteiger partial charge is 0.0693 e. The van der Waals surface area contributed by atoms with Gasteiger partial charge in [0.05, 0.1) is 3.42 Å². The van der Waals surface area contributed by atoms with Crippen LogP contribution in [0, 0.1) is 5.92 Å². The number of rotatable bonds is 0. The highest BCUT2D eigenvalue weighted by molar-refractivity contribution is 14.1. The zero-order chi connectivity index (χ0) is 11.4. The third kappa shape index (κ3) is 2.97. The van der Waals surface area contributed by atoms with E-state index in [0.717, 1.165) is 0 Å². The summed E-state index contributed by atoms with van der Waals surface area (Å²) in [5, 5.41) is 0. The number of hydrogen-bond acceptors (Lipinski definition) is 0. The van der Waals surface area contributed by atoms with Crippen molar-refractivity contribution in [3.8, 4) is 0 Å². The average molecular weight is 434 g/mol. The molecule has 0 amide bonds. The Hall–Kier alpha value is -0.100. The van der Waals surface area contributed by atoms with Crippen LogP contribution in [0.25, 0.3) is 0 Å². The van der Waals surface area contributed by atoms with Crippen molar-refractivity contribution in [2.75, 3.05) is 0 Å². The van der Waals surface area contributed by atoms with Crippen LogP contribution in [0.2, 0.25) is 0 Å². The predicted octanol–water partition coefficient (Wildman–Crippen LogP) is 4.90. The molecule has 2 atom stereocenters. The van der Waals surface area contributed by atoms with Gasteiger partial charge >= 0.3 is 0 Å². The fraction of sp³-hybridized carbons (Fsp3) is 0.143. The highest BCUT2D eigenvalue weighted by Crippen LogP contribution is 2.38. The molecule has 0 saturated heterocycles. The summed E-state index contributed by atoms with van der Waals surface area (Å²) in [4.78, 5) is 0. The number of hydrogen-bond donors (Lipinski definition) is 0. The van der Waals surface area contributed by atoms with E-state index in [9.17, 15) is 0 Å². The summed E-state index contributed by atoms with van der Waals surface area (Å²) in [5.74, 6) is 0.430. The second-order valence-corrected chi connectivity index (χ2v) is 6.87. The topological polar surface area (TPSA) is 0 Å². The van der Waals surface area contributed by atoms with Crippen molar-refractivity contribution in [1.82, 2.24) is 0 Å². The molecule has 0 saturated carbocycles. The van der Waals surface area contributed by atoms with Gasteiger partial charge < -0.3 is 0 Å². The third-order valence-corrected chi connectivity index (χ3v) is 4.62. The summed E-state index contributed by atoms with van der Waals surface area (Å²) >= 11 is 4.91. The first-order valence-corrected chi connectivity index (χ1v) is 7.31. The molecule has 0 radical (unpaired) electrons. The van der Waals surface area contributed by atoms with Crippen molar-refractivity contribution >= 4 is 45.2 Å². The predicted molar refractivity (Wildman–Crippen MR) is 88.0 cm³/mol. The Morgan fingerprint density at radius 1 is 0.938 bits per heavy atom. The van der Waals surface area contributed by atoms with Crippen LogP contribution in [-0.2, 0) is 0 Å². The molecule has 0 nitrogen and oxygen atoms in total.